The third-order valence-corrected chi connectivity index (χ3v) is 4.29. The summed E-state index contributed by atoms with van der Waals surface area (Å²) in [5.41, 5.74) is 3.53. The molecule has 0 radical (unpaired) electrons. The van der Waals surface area contributed by atoms with Gasteiger partial charge >= 0.3 is 0 Å². The zero-order valence-corrected chi connectivity index (χ0v) is 15.5. The van der Waals surface area contributed by atoms with Crippen LogP contribution in [0.4, 0.5) is 0 Å². The zero-order chi connectivity index (χ0) is 20.2. The number of hydrogen-bond acceptors (Lipinski definition) is 7. The number of carbonyl (C=O) groups is 1. The number of nitrogens with zero attached hydrogens (tertiary/aromatic N) is 4. The summed E-state index contributed by atoms with van der Waals surface area (Å²) in [6.07, 6.45) is 1.60. The molecule has 0 fully saturated rings. The fourth-order valence-electron chi connectivity index (χ4n) is 2.77. The van der Waals surface area contributed by atoms with Crippen LogP contribution in [0.15, 0.2) is 64.2 Å². The molecule has 1 N–H and O–H groups in total. The highest BCUT2D eigenvalue weighted by Gasteiger charge is 2.12. The fraction of sp³-hybridized carbons (Fsp3) is 0.150. The van der Waals surface area contributed by atoms with Gasteiger partial charge < -0.3 is 9.26 Å². The Kier molecular flexibility index (Phi) is 5.02. The van der Waals surface area contributed by atoms with E-state index in [1.165, 1.54) is 6.33 Å². The summed E-state index contributed by atoms with van der Waals surface area (Å²) in [5.74, 6) is 1.12. The normalized spacial score (nSPS) is 10.8. The first-order chi connectivity index (χ1) is 14.1. The van der Waals surface area contributed by atoms with Crippen LogP contribution in [0.3, 0.4) is 0 Å². The molecule has 1 amide bonds. The molecule has 0 spiro atoms. The monoisotopic (exact) mass is 391 g/mol. The number of para-hydroxylation sites is 1. The average molecular weight is 391 g/mol. The number of rotatable bonds is 6. The molecular formula is C20H17N5O4. The lowest BCUT2D eigenvalue weighted by Gasteiger charge is -2.07. The van der Waals surface area contributed by atoms with E-state index in [4.69, 9.17) is 9.26 Å². The van der Waals surface area contributed by atoms with Gasteiger partial charge in [-0.2, -0.15) is 4.98 Å². The van der Waals surface area contributed by atoms with Gasteiger partial charge in [0, 0.05) is 18.4 Å². The van der Waals surface area contributed by atoms with Gasteiger partial charge in [0.1, 0.15) is 12.1 Å². The second-order valence-corrected chi connectivity index (χ2v) is 6.21. The lowest BCUT2D eigenvalue weighted by Crippen LogP contribution is -2.33. The van der Waals surface area contributed by atoms with Crippen molar-refractivity contribution in [2.24, 2.45) is 0 Å². The minimum atomic E-state index is -0.367. The van der Waals surface area contributed by atoms with Crippen LogP contribution in [0.2, 0.25) is 0 Å². The van der Waals surface area contributed by atoms with E-state index in [1.807, 2.05) is 12.1 Å². The second kappa shape index (κ2) is 7.93. The molecule has 0 aliphatic rings. The zero-order valence-electron chi connectivity index (χ0n) is 15.5. The Labute approximate surface area is 164 Å². The first kappa shape index (κ1) is 18.4. The predicted molar refractivity (Wildman–Crippen MR) is 105 cm³/mol. The molecule has 2 heterocycles. The van der Waals surface area contributed by atoms with E-state index in [0.29, 0.717) is 22.6 Å². The molecule has 0 aliphatic carbocycles. The van der Waals surface area contributed by atoms with E-state index in [9.17, 15) is 9.59 Å². The maximum absolute atomic E-state index is 12.4. The summed E-state index contributed by atoms with van der Waals surface area (Å²) in [6, 6.07) is 14.2. The van der Waals surface area contributed by atoms with Crippen molar-refractivity contribution in [2.75, 3.05) is 12.5 Å². The number of nitrogens with one attached hydrogen (secondary N) is 1. The molecule has 2 aromatic carbocycles. The van der Waals surface area contributed by atoms with Crippen molar-refractivity contribution < 1.29 is 14.1 Å². The Morgan fingerprint density at radius 1 is 1.17 bits per heavy atom. The molecule has 2 aromatic heterocycles. The topological polar surface area (TPSA) is 112 Å². The number of aryl methyl sites for hydroxylation is 1. The van der Waals surface area contributed by atoms with E-state index in [2.05, 4.69) is 20.6 Å². The Balaban J connectivity index is 1.39. The van der Waals surface area contributed by atoms with E-state index in [0.717, 1.165) is 16.0 Å². The van der Waals surface area contributed by atoms with Crippen LogP contribution < -0.4 is 15.7 Å². The lowest BCUT2D eigenvalue weighted by molar-refractivity contribution is -0.117. The van der Waals surface area contributed by atoms with Gasteiger partial charge in [-0.15, -0.1) is 0 Å². The molecule has 0 aliphatic heterocycles. The summed E-state index contributed by atoms with van der Waals surface area (Å²) < 4.78 is 11.4. The quantitative estimate of drug-likeness (QED) is 0.536. The van der Waals surface area contributed by atoms with Crippen molar-refractivity contribution in [3.05, 3.63) is 71.1 Å². The standard InChI is InChI=1S/C20H17N5O4/c1-28-14-8-6-13(7-9-14)19-22-18(29-24-19)11-10-17(26)23-25-12-21-16-5-3-2-4-15(16)20(25)27/h2-9,12H,10-11H2,1H3,(H,23,26). The molecule has 0 bridgehead atoms. The maximum Gasteiger partial charge on any atom is 0.280 e. The van der Waals surface area contributed by atoms with E-state index in [1.54, 1.807) is 43.5 Å². The first-order valence-corrected chi connectivity index (χ1v) is 8.87. The minimum Gasteiger partial charge on any atom is -0.497 e. The van der Waals surface area contributed by atoms with Crippen LogP contribution in [-0.4, -0.2) is 32.8 Å². The van der Waals surface area contributed by atoms with Crippen molar-refractivity contribution in [1.29, 1.82) is 0 Å². The summed E-state index contributed by atoms with van der Waals surface area (Å²) in [7, 11) is 1.59. The largest absolute Gasteiger partial charge is 0.497 e. The average Bonchev–Trinajstić information content (AvgIpc) is 3.24. The maximum atomic E-state index is 12.4. The Morgan fingerprint density at radius 3 is 2.76 bits per heavy atom. The highest BCUT2D eigenvalue weighted by molar-refractivity contribution is 5.84. The number of aromatic nitrogens is 4. The van der Waals surface area contributed by atoms with Crippen LogP contribution in [-0.2, 0) is 11.2 Å². The van der Waals surface area contributed by atoms with Gasteiger partial charge in [-0.3, -0.25) is 15.0 Å². The van der Waals surface area contributed by atoms with Crippen molar-refractivity contribution in [2.45, 2.75) is 12.8 Å². The lowest BCUT2D eigenvalue weighted by atomic mass is 10.2. The van der Waals surface area contributed by atoms with E-state index < -0.39 is 0 Å². The van der Waals surface area contributed by atoms with E-state index >= 15 is 0 Å². The molecule has 0 saturated carbocycles. The van der Waals surface area contributed by atoms with Gasteiger partial charge in [-0.25, -0.2) is 9.66 Å². The number of amides is 1. The molecule has 146 valence electrons. The Bertz CT molecular complexity index is 1210. The van der Waals surface area contributed by atoms with Crippen LogP contribution in [0.25, 0.3) is 22.3 Å². The third kappa shape index (κ3) is 3.98. The summed E-state index contributed by atoms with van der Waals surface area (Å²) in [4.78, 5) is 33.1. The van der Waals surface area contributed by atoms with Gasteiger partial charge in [0.25, 0.3) is 5.56 Å². The van der Waals surface area contributed by atoms with Gasteiger partial charge in [0.15, 0.2) is 0 Å². The summed E-state index contributed by atoms with van der Waals surface area (Å²) >= 11 is 0. The molecule has 29 heavy (non-hydrogen) atoms. The molecule has 0 unspecified atom stereocenters. The summed E-state index contributed by atoms with van der Waals surface area (Å²) in [5, 5.41) is 4.36. The number of hydrogen-bond donors (Lipinski definition) is 1. The smallest absolute Gasteiger partial charge is 0.280 e. The van der Waals surface area contributed by atoms with Crippen molar-refractivity contribution >= 4 is 16.8 Å². The van der Waals surface area contributed by atoms with Crippen LogP contribution in [0, 0.1) is 0 Å². The van der Waals surface area contributed by atoms with Crippen LogP contribution in [0.5, 0.6) is 5.75 Å². The summed E-state index contributed by atoms with van der Waals surface area (Å²) in [6.45, 7) is 0. The first-order valence-electron chi connectivity index (χ1n) is 8.87. The number of methoxy groups -OCH3 is 1. The SMILES string of the molecule is COc1ccc(-c2noc(CCC(=O)Nn3cnc4ccccc4c3=O)n2)cc1. The van der Waals surface area contributed by atoms with Gasteiger partial charge in [0.2, 0.25) is 17.6 Å². The Morgan fingerprint density at radius 2 is 1.97 bits per heavy atom. The van der Waals surface area contributed by atoms with Gasteiger partial charge in [-0.05, 0) is 36.4 Å². The number of fused-ring (bicyclic) bond motifs is 1. The number of ether oxygens (including phenoxy) is 1. The number of benzene rings is 2. The molecule has 4 aromatic rings. The van der Waals surface area contributed by atoms with Crippen LogP contribution >= 0.6 is 0 Å². The molecule has 9 heteroatoms. The highest BCUT2D eigenvalue weighted by atomic mass is 16.5. The van der Waals surface area contributed by atoms with Gasteiger partial charge in [0.05, 0.1) is 18.0 Å². The van der Waals surface area contributed by atoms with Gasteiger partial charge in [-0.1, -0.05) is 17.3 Å². The van der Waals surface area contributed by atoms with E-state index in [-0.39, 0.29) is 24.3 Å². The molecule has 9 nitrogen and oxygen atoms in total. The molecule has 4 rings (SSSR count). The molecule has 0 saturated heterocycles. The fourth-order valence-corrected chi connectivity index (χ4v) is 2.77. The molecular weight excluding hydrogens is 374 g/mol. The molecule has 0 atom stereocenters. The highest BCUT2D eigenvalue weighted by Crippen LogP contribution is 2.20. The second-order valence-electron chi connectivity index (χ2n) is 6.21. The Hall–Kier alpha value is -4.01. The van der Waals surface area contributed by atoms with Crippen LogP contribution in [0.1, 0.15) is 12.3 Å². The minimum absolute atomic E-state index is 0.0729. The van der Waals surface area contributed by atoms with Crippen molar-refractivity contribution in [3.8, 4) is 17.1 Å². The third-order valence-electron chi connectivity index (χ3n) is 4.29. The van der Waals surface area contributed by atoms with Crippen molar-refractivity contribution in [3.63, 3.8) is 0 Å². The van der Waals surface area contributed by atoms with Crippen molar-refractivity contribution in [1.82, 2.24) is 19.8 Å². The number of carbonyl (C=O) groups excluding carboxylic acids is 1. The predicted octanol–water partition coefficient (Wildman–Crippen LogP) is 2.16.